The number of carbonyl (C=O) groups excluding carboxylic acids is 2. The molecule has 158 valence electrons. The van der Waals surface area contributed by atoms with E-state index in [4.69, 9.17) is 34.8 Å². The molecule has 2 saturated carbocycles. The highest BCUT2D eigenvalue weighted by Crippen LogP contribution is 2.71. The molecule has 29 heavy (non-hydrogen) atoms. The van der Waals surface area contributed by atoms with Crippen molar-refractivity contribution in [3.63, 3.8) is 0 Å². The lowest BCUT2D eigenvalue weighted by molar-refractivity contribution is -0.163. The van der Waals surface area contributed by atoms with Crippen LogP contribution in [0.5, 0.6) is 0 Å². The zero-order valence-corrected chi connectivity index (χ0v) is 18.8. The fourth-order valence-electron chi connectivity index (χ4n) is 6.71. The molecule has 0 radical (unpaired) electrons. The maximum atomic E-state index is 13.4. The van der Waals surface area contributed by atoms with Crippen LogP contribution in [0.3, 0.4) is 0 Å². The van der Waals surface area contributed by atoms with Gasteiger partial charge in [0.2, 0.25) is 0 Å². The van der Waals surface area contributed by atoms with Gasteiger partial charge >= 0.3 is 0 Å². The summed E-state index contributed by atoms with van der Waals surface area (Å²) in [5, 5.41) is 11.2. The molecule has 0 heterocycles. The molecule has 4 aliphatic rings. The van der Waals surface area contributed by atoms with E-state index in [1.54, 1.807) is 13.0 Å². The number of Topliss-reactive ketones (excluding diaryl/α,β-unsaturated/α-hetero) is 1. The number of hydrogen-bond acceptors (Lipinski definition) is 3. The summed E-state index contributed by atoms with van der Waals surface area (Å²) in [7, 11) is 0. The lowest BCUT2D eigenvalue weighted by Crippen LogP contribution is -2.67. The summed E-state index contributed by atoms with van der Waals surface area (Å²) in [6.07, 6.45) is 7.33. The number of carbonyl (C=O) groups is 2. The van der Waals surface area contributed by atoms with Gasteiger partial charge < -0.3 is 5.11 Å². The first kappa shape index (κ1) is 21.5. The number of allylic oxidation sites excluding steroid dienone is 6. The topological polar surface area (TPSA) is 54.4 Å². The predicted molar refractivity (Wildman–Crippen MR) is 112 cm³/mol. The zero-order valence-electron chi connectivity index (χ0n) is 16.5. The summed E-state index contributed by atoms with van der Waals surface area (Å²) < 4.78 is 13.4. The quantitative estimate of drug-likeness (QED) is 0.605. The van der Waals surface area contributed by atoms with Crippen molar-refractivity contribution >= 4 is 46.4 Å². The van der Waals surface area contributed by atoms with Gasteiger partial charge in [-0.15, -0.1) is 23.2 Å². The van der Waals surface area contributed by atoms with E-state index >= 15 is 0 Å². The monoisotopic (exact) mass is 460 g/mol. The molecular weight excluding hydrogens is 438 g/mol. The Morgan fingerprint density at radius 3 is 2.66 bits per heavy atom. The molecule has 0 aliphatic heterocycles. The molecule has 0 saturated heterocycles. The van der Waals surface area contributed by atoms with Gasteiger partial charge in [0.25, 0.3) is 0 Å². The van der Waals surface area contributed by atoms with Crippen molar-refractivity contribution < 1.29 is 19.1 Å². The van der Waals surface area contributed by atoms with Gasteiger partial charge in [-0.3, -0.25) is 9.59 Å². The number of fused-ring (bicyclic) bond motifs is 5. The third-order valence-corrected chi connectivity index (χ3v) is 10.2. The van der Waals surface area contributed by atoms with Crippen molar-refractivity contribution in [3.05, 3.63) is 34.9 Å². The molecule has 0 unspecified atom stereocenters. The molecule has 0 aromatic heterocycles. The highest BCUT2D eigenvalue weighted by molar-refractivity contribution is 6.36. The second-order valence-corrected chi connectivity index (χ2v) is 11.0. The number of hydrogen-bond donors (Lipinski definition) is 1. The summed E-state index contributed by atoms with van der Waals surface area (Å²) in [6.45, 7) is 4.29. The Kier molecular flexibility index (Phi) is 4.77. The van der Waals surface area contributed by atoms with Crippen LogP contribution < -0.4 is 0 Å². The molecule has 0 amide bonds. The highest BCUT2D eigenvalue weighted by atomic mass is 35.5. The summed E-state index contributed by atoms with van der Waals surface area (Å²) >= 11 is 20.9. The zero-order chi connectivity index (χ0) is 21.6. The smallest absolute Gasteiger partial charge is 0.196 e. The Morgan fingerprint density at radius 1 is 1.38 bits per heavy atom. The van der Waals surface area contributed by atoms with Crippen LogP contribution in [-0.2, 0) is 9.59 Å². The molecule has 0 aromatic rings. The minimum Gasteiger partial charge on any atom is -0.381 e. The fraction of sp³-hybridized carbons (Fsp3) is 0.636. The van der Waals surface area contributed by atoms with Gasteiger partial charge in [0.05, 0.1) is 10.3 Å². The maximum absolute atomic E-state index is 13.4. The molecule has 3 nitrogen and oxygen atoms in total. The molecule has 8 atom stereocenters. The summed E-state index contributed by atoms with van der Waals surface area (Å²) in [5.41, 5.74) is -2.91. The number of ketones is 2. The van der Waals surface area contributed by atoms with Gasteiger partial charge in [-0.2, -0.15) is 0 Å². The van der Waals surface area contributed by atoms with Crippen LogP contribution in [0.25, 0.3) is 0 Å². The van der Waals surface area contributed by atoms with E-state index in [2.05, 4.69) is 0 Å². The Morgan fingerprint density at radius 2 is 2.03 bits per heavy atom. The van der Waals surface area contributed by atoms with Crippen LogP contribution in [0.15, 0.2) is 34.9 Å². The Labute approximate surface area is 185 Å². The van der Waals surface area contributed by atoms with Crippen molar-refractivity contribution in [1.82, 2.24) is 0 Å². The fourth-order valence-corrected chi connectivity index (χ4v) is 8.25. The number of rotatable bonds is 2. The van der Waals surface area contributed by atoms with Crippen molar-refractivity contribution in [3.8, 4) is 0 Å². The Bertz CT molecular complexity index is 898. The van der Waals surface area contributed by atoms with Crippen molar-refractivity contribution in [2.45, 2.75) is 49.5 Å². The molecule has 2 fully saturated rings. The van der Waals surface area contributed by atoms with E-state index in [0.29, 0.717) is 17.0 Å². The van der Waals surface area contributed by atoms with E-state index in [9.17, 15) is 19.1 Å². The van der Waals surface area contributed by atoms with Gasteiger partial charge in [-0.1, -0.05) is 44.5 Å². The molecular formula is C22H24Cl3FO3. The van der Waals surface area contributed by atoms with Gasteiger partial charge in [-0.05, 0) is 42.4 Å². The molecule has 1 N–H and O–H groups in total. The first-order valence-electron chi connectivity index (χ1n) is 9.85. The van der Waals surface area contributed by atoms with Crippen LogP contribution in [-0.4, -0.2) is 39.2 Å². The molecule has 0 spiro atoms. The van der Waals surface area contributed by atoms with E-state index in [1.807, 2.05) is 19.9 Å². The standard InChI is InChI=1S/C22H24Cl3FO3/c1-11-6-13-14-8-16(23)15-7-12(27)4-5-19(15,2)21(14,25)17(24)9-20(13,3)22(11,29)18(28)10-26/h4-5,7-8,11,13-14,17,29H,6,9-10H2,1-3H3/t11-,13+,14+,17+,19+,20+,21+,22+/m1/s1. The van der Waals surface area contributed by atoms with E-state index in [1.165, 1.54) is 12.2 Å². The van der Waals surface area contributed by atoms with E-state index in [0.717, 1.165) is 0 Å². The molecule has 7 heteroatoms. The van der Waals surface area contributed by atoms with Crippen LogP contribution in [0.2, 0.25) is 0 Å². The van der Waals surface area contributed by atoms with Gasteiger partial charge in [-0.25, -0.2) is 4.39 Å². The van der Waals surface area contributed by atoms with Gasteiger partial charge in [0, 0.05) is 21.8 Å². The average Bonchev–Trinajstić information content (AvgIpc) is 2.86. The summed E-state index contributed by atoms with van der Waals surface area (Å²) in [4.78, 5) is 23.5. The number of aliphatic hydroxyl groups is 1. The minimum atomic E-state index is -1.81. The largest absolute Gasteiger partial charge is 0.381 e. The molecule has 4 aliphatic carbocycles. The first-order chi connectivity index (χ1) is 13.4. The molecule has 0 bridgehead atoms. The van der Waals surface area contributed by atoms with Gasteiger partial charge in [0.15, 0.2) is 18.2 Å². The summed E-state index contributed by atoms with van der Waals surface area (Å²) in [5.74, 6) is -1.98. The van der Waals surface area contributed by atoms with Crippen molar-refractivity contribution in [2.75, 3.05) is 6.67 Å². The average molecular weight is 462 g/mol. The third-order valence-electron chi connectivity index (χ3n) is 8.34. The third kappa shape index (κ3) is 2.35. The number of alkyl halides is 3. The van der Waals surface area contributed by atoms with Crippen LogP contribution >= 0.6 is 34.8 Å². The first-order valence-corrected chi connectivity index (χ1v) is 11.0. The van der Waals surface area contributed by atoms with Crippen molar-refractivity contribution in [2.24, 2.45) is 28.6 Å². The van der Waals surface area contributed by atoms with Crippen molar-refractivity contribution in [1.29, 1.82) is 0 Å². The normalized spacial score (nSPS) is 51.0. The second kappa shape index (κ2) is 6.41. The minimum absolute atomic E-state index is 0.160. The van der Waals surface area contributed by atoms with E-state index in [-0.39, 0.29) is 24.0 Å². The van der Waals surface area contributed by atoms with Gasteiger partial charge in [0.1, 0.15) is 5.60 Å². The SMILES string of the molecule is C[C@@H]1C[C@H]2[C@@H]3C=C(Cl)C4=CC(=O)C=C[C@]4(C)[C@@]3(Cl)[C@@H](Cl)C[C@]2(C)[C@@]1(O)C(=O)CF. The van der Waals surface area contributed by atoms with E-state index < -0.39 is 45.1 Å². The maximum Gasteiger partial charge on any atom is 0.196 e. The molecule has 0 aromatic carbocycles. The number of halogens is 4. The van der Waals surface area contributed by atoms with Crippen LogP contribution in [0, 0.1) is 28.6 Å². The lowest BCUT2D eigenvalue weighted by Gasteiger charge is -2.62. The summed E-state index contributed by atoms with van der Waals surface area (Å²) in [6, 6.07) is 0. The van der Waals surface area contributed by atoms with Crippen LogP contribution in [0.1, 0.15) is 33.6 Å². The Balaban J connectivity index is 1.93. The second-order valence-electron chi connectivity index (χ2n) is 9.46. The predicted octanol–water partition coefficient (Wildman–Crippen LogP) is 4.73. The molecule has 4 rings (SSSR count). The lowest BCUT2D eigenvalue weighted by atomic mass is 9.48. The Hall–Kier alpha value is -0.680. The van der Waals surface area contributed by atoms with Crippen LogP contribution in [0.4, 0.5) is 4.39 Å². The highest BCUT2D eigenvalue weighted by Gasteiger charge is 2.74.